The molecule has 1 saturated heterocycles. The number of rotatable bonds is 5. The molecule has 0 radical (unpaired) electrons. The van der Waals surface area contributed by atoms with E-state index in [2.05, 4.69) is 10.4 Å². The fourth-order valence-corrected chi connectivity index (χ4v) is 5.78. The van der Waals surface area contributed by atoms with Crippen molar-refractivity contribution in [3.63, 3.8) is 0 Å². The summed E-state index contributed by atoms with van der Waals surface area (Å²) in [6.07, 6.45) is 0.463. The van der Waals surface area contributed by atoms with Crippen molar-refractivity contribution in [1.29, 1.82) is 0 Å². The van der Waals surface area contributed by atoms with Crippen LogP contribution >= 0.6 is 0 Å². The van der Waals surface area contributed by atoms with Crippen molar-refractivity contribution in [2.45, 2.75) is 30.2 Å². The Labute approximate surface area is 169 Å². The first-order valence-corrected chi connectivity index (χ1v) is 12.2. The minimum Gasteiger partial charge on any atom is -0.321 e. The lowest BCUT2D eigenvalue weighted by Crippen LogP contribution is -2.42. The molecule has 1 atom stereocenters. The molecule has 12 heteroatoms. The molecule has 3 rings (SSSR count). The fourth-order valence-electron chi connectivity index (χ4n) is 3.14. The number of sulfonamides is 1. The van der Waals surface area contributed by atoms with E-state index >= 15 is 0 Å². The van der Waals surface area contributed by atoms with E-state index in [1.165, 1.54) is 32.3 Å². The fraction of sp³-hybridized carbons (Fsp3) is 0.471. The van der Waals surface area contributed by atoms with Crippen molar-refractivity contribution in [2.75, 3.05) is 30.9 Å². The normalized spacial score (nSPS) is 21.9. The van der Waals surface area contributed by atoms with Gasteiger partial charge in [-0.15, -0.1) is 0 Å². The second kappa shape index (κ2) is 7.84. The van der Waals surface area contributed by atoms with Gasteiger partial charge in [0.15, 0.2) is 9.84 Å². The summed E-state index contributed by atoms with van der Waals surface area (Å²) in [5, 5.41) is 7.81. The van der Waals surface area contributed by atoms with Crippen LogP contribution in [0, 0.1) is 0 Å². The number of carbonyl (C=O) groups is 2. The van der Waals surface area contributed by atoms with Gasteiger partial charge in [-0.1, -0.05) is 6.07 Å². The Balaban J connectivity index is 1.79. The number of hydrazone groups is 1. The molecule has 0 spiro atoms. The number of benzene rings is 1. The van der Waals surface area contributed by atoms with E-state index < -0.39 is 31.8 Å². The Morgan fingerprint density at radius 2 is 2.00 bits per heavy atom. The van der Waals surface area contributed by atoms with Gasteiger partial charge in [0.25, 0.3) is 5.91 Å². The summed E-state index contributed by atoms with van der Waals surface area (Å²) in [5.74, 6) is -1.06. The van der Waals surface area contributed by atoms with Crippen molar-refractivity contribution in [2.24, 2.45) is 5.10 Å². The highest BCUT2D eigenvalue weighted by molar-refractivity contribution is 7.91. The topological polar surface area (TPSA) is 133 Å². The molecule has 29 heavy (non-hydrogen) atoms. The molecular weight excluding hydrogens is 420 g/mol. The van der Waals surface area contributed by atoms with Gasteiger partial charge >= 0.3 is 0 Å². The zero-order valence-electron chi connectivity index (χ0n) is 16.0. The summed E-state index contributed by atoms with van der Waals surface area (Å²) in [4.78, 5) is 24.8. The molecular formula is C17H22N4O6S2. The summed E-state index contributed by atoms with van der Waals surface area (Å²) in [5.41, 5.74) is 0.363. The van der Waals surface area contributed by atoms with Crippen LogP contribution in [-0.2, 0) is 29.4 Å². The van der Waals surface area contributed by atoms with Gasteiger partial charge < -0.3 is 5.32 Å². The van der Waals surface area contributed by atoms with Gasteiger partial charge in [0.1, 0.15) is 5.71 Å². The van der Waals surface area contributed by atoms with E-state index in [1.807, 2.05) is 0 Å². The highest BCUT2D eigenvalue weighted by Crippen LogP contribution is 2.23. The third-order valence-electron chi connectivity index (χ3n) is 4.75. The Morgan fingerprint density at radius 1 is 1.28 bits per heavy atom. The molecule has 0 saturated carbocycles. The van der Waals surface area contributed by atoms with Crippen LogP contribution < -0.4 is 5.32 Å². The Kier molecular flexibility index (Phi) is 5.79. The lowest BCUT2D eigenvalue weighted by molar-refractivity contribution is -0.133. The van der Waals surface area contributed by atoms with Crippen LogP contribution in [0.2, 0.25) is 0 Å². The maximum Gasteiger partial charge on any atom is 0.271 e. The van der Waals surface area contributed by atoms with Crippen molar-refractivity contribution in [3.8, 4) is 0 Å². The van der Waals surface area contributed by atoms with Crippen LogP contribution in [0.4, 0.5) is 5.69 Å². The minimum atomic E-state index is -3.66. The van der Waals surface area contributed by atoms with Crippen molar-refractivity contribution < 1.29 is 26.4 Å². The average Bonchev–Trinajstić information content (AvgIpc) is 3.01. The SMILES string of the molecule is CN(C)S(=O)(=O)c1cccc(NC(=O)C2=NN([C@@H]3CCS(=O)(=O)C3)C(=O)CC2)c1. The quantitative estimate of drug-likeness (QED) is 0.684. The summed E-state index contributed by atoms with van der Waals surface area (Å²) in [6.45, 7) is 0. The summed E-state index contributed by atoms with van der Waals surface area (Å²) < 4.78 is 48.9. The van der Waals surface area contributed by atoms with E-state index in [4.69, 9.17) is 0 Å². The molecule has 0 bridgehead atoms. The van der Waals surface area contributed by atoms with E-state index in [0.717, 1.165) is 9.31 Å². The first-order valence-electron chi connectivity index (χ1n) is 8.93. The first kappa shape index (κ1) is 21.4. The number of amides is 2. The predicted octanol–water partition coefficient (Wildman–Crippen LogP) is 0.0409. The highest BCUT2D eigenvalue weighted by Gasteiger charge is 2.37. The zero-order valence-corrected chi connectivity index (χ0v) is 17.7. The zero-order chi connectivity index (χ0) is 21.4. The number of hydrogen-bond acceptors (Lipinski definition) is 7. The molecule has 0 aliphatic carbocycles. The van der Waals surface area contributed by atoms with E-state index in [0.29, 0.717) is 0 Å². The molecule has 2 aliphatic rings. The van der Waals surface area contributed by atoms with Gasteiger partial charge in [0.2, 0.25) is 15.9 Å². The predicted molar refractivity (Wildman–Crippen MR) is 107 cm³/mol. The molecule has 0 unspecified atom stereocenters. The van der Waals surface area contributed by atoms with E-state index in [1.54, 1.807) is 6.07 Å². The molecule has 2 heterocycles. The van der Waals surface area contributed by atoms with Crippen molar-refractivity contribution in [3.05, 3.63) is 24.3 Å². The van der Waals surface area contributed by atoms with Crippen LogP contribution in [0.5, 0.6) is 0 Å². The maximum atomic E-state index is 12.6. The minimum absolute atomic E-state index is 0.00830. The third kappa shape index (κ3) is 4.65. The Bertz CT molecular complexity index is 1080. The Hall–Kier alpha value is -2.31. The van der Waals surface area contributed by atoms with Crippen molar-refractivity contribution >= 4 is 43.1 Å². The van der Waals surface area contributed by atoms with Crippen LogP contribution in [-0.4, -0.2) is 75.3 Å². The molecule has 1 fully saturated rings. The second-order valence-electron chi connectivity index (χ2n) is 7.11. The van der Waals surface area contributed by atoms with Gasteiger partial charge in [-0.25, -0.2) is 26.1 Å². The lowest BCUT2D eigenvalue weighted by Gasteiger charge is -2.27. The number of sulfone groups is 1. The smallest absolute Gasteiger partial charge is 0.271 e. The van der Waals surface area contributed by atoms with Crippen LogP contribution in [0.15, 0.2) is 34.3 Å². The summed E-state index contributed by atoms with van der Waals surface area (Å²) >= 11 is 0. The molecule has 1 N–H and O–H groups in total. The number of nitrogens with zero attached hydrogens (tertiary/aromatic N) is 3. The largest absolute Gasteiger partial charge is 0.321 e. The molecule has 2 aliphatic heterocycles. The standard InChI is InChI=1S/C17H22N4O6S2/c1-20(2)29(26,27)14-5-3-4-12(10-14)18-17(23)15-6-7-16(22)21(19-15)13-8-9-28(24,25)11-13/h3-5,10,13H,6-9,11H2,1-2H3,(H,18,23)/t13-/m1/s1. The van der Waals surface area contributed by atoms with E-state index in [-0.39, 0.29) is 53.0 Å². The number of hydrogen-bond donors (Lipinski definition) is 1. The maximum absolute atomic E-state index is 12.6. The van der Waals surface area contributed by atoms with Crippen LogP contribution in [0.3, 0.4) is 0 Å². The Morgan fingerprint density at radius 3 is 2.62 bits per heavy atom. The number of nitrogens with one attached hydrogen (secondary N) is 1. The third-order valence-corrected chi connectivity index (χ3v) is 8.31. The molecule has 2 amide bonds. The first-order chi connectivity index (χ1) is 13.5. The van der Waals surface area contributed by atoms with Gasteiger partial charge in [0.05, 0.1) is 22.4 Å². The monoisotopic (exact) mass is 442 g/mol. The molecule has 10 nitrogen and oxygen atoms in total. The number of carbonyl (C=O) groups excluding carboxylic acids is 2. The van der Waals surface area contributed by atoms with Gasteiger partial charge in [0, 0.05) is 32.6 Å². The van der Waals surface area contributed by atoms with Gasteiger partial charge in [-0.05, 0) is 24.6 Å². The summed E-state index contributed by atoms with van der Waals surface area (Å²) in [6, 6.07) is 5.24. The lowest BCUT2D eigenvalue weighted by atomic mass is 10.1. The molecule has 0 aromatic heterocycles. The summed E-state index contributed by atoms with van der Waals surface area (Å²) in [7, 11) is -4.04. The van der Waals surface area contributed by atoms with Crippen molar-refractivity contribution in [1.82, 2.24) is 9.31 Å². The molecule has 1 aromatic carbocycles. The number of anilines is 1. The van der Waals surface area contributed by atoms with Crippen LogP contribution in [0.1, 0.15) is 19.3 Å². The van der Waals surface area contributed by atoms with Gasteiger partial charge in [-0.2, -0.15) is 5.10 Å². The molecule has 158 valence electrons. The van der Waals surface area contributed by atoms with E-state index in [9.17, 15) is 26.4 Å². The molecule has 1 aromatic rings. The second-order valence-corrected chi connectivity index (χ2v) is 11.5. The van der Waals surface area contributed by atoms with Crippen LogP contribution in [0.25, 0.3) is 0 Å². The van der Waals surface area contributed by atoms with Gasteiger partial charge in [-0.3, -0.25) is 9.59 Å². The highest BCUT2D eigenvalue weighted by atomic mass is 32.2. The average molecular weight is 443 g/mol.